The first-order chi connectivity index (χ1) is 10.4. The molecule has 4 nitrogen and oxygen atoms in total. The summed E-state index contributed by atoms with van der Waals surface area (Å²) >= 11 is 0. The Morgan fingerprint density at radius 3 is 2.59 bits per heavy atom. The molecule has 0 bridgehead atoms. The summed E-state index contributed by atoms with van der Waals surface area (Å²) in [5.74, 6) is -2.11. The van der Waals surface area contributed by atoms with Crippen LogP contribution in [0.15, 0.2) is 35.4 Å². The summed E-state index contributed by atoms with van der Waals surface area (Å²) in [6.45, 7) is 0. The number of carbonyl (C=O) groups is 1. The molecule has 1 aromatic carbocycles. The van der Waals surface area contributed by atoms with Crippen LogP contribution in [0.25, 0.3) is 0 Å². The van der Waals surface area contributed by atoms with Gasteiger partial charge >= 0.3 is 6.18 Å². The van der Waals surface area contributed by atoms with Crippen LogP contribution in [-0.2, 0) is 0 Å². The molecule has 1 N–H and O–H groups in total. The Kier molecular flexibility index (Phi) is 3.47. The van der Waals surface area contributed by atoms with Crippen molar-refractivity contribution in [3.8, 4) is 0 Å². The van der Waals surface area contributed by atoms with Crippen molar-refractivity contribution in [2.24, 2.45) is 11.0 Å². The fourth-order valence-corrected chi connectivity index (χ4v) is 3.12. The Labute approximate surface area is 125 Å². The number of benzene rings is 1. The summed E-state index contributed by atoms with van der Waals surface area (Å²) < 4.78 is 40.6. The molecule has 3 rings (SSSR count). The molecule has 1 aliphatic carbocycles. The molecular weight excluding hydrogens is 297 g/mol. The lowest BCUT2D eigenvalue weighted by atomic mass is 9.80. The van der Waals surface area contributed by atoms with Gasteiger partial charge in [0.2, 0.25) is 0 Å². The maximum atomic E-state index is 13.5. The maximum absolute atomic E-state index is 13.5. The minimum Gasteiger partial charge on any atom is -0.362 e. The lowest BCUT2D eigenvalue weighted by molar-refractivity contribution is -0.312. The van der Waals surface area contributed by atoms with Crippen molar-refractivity contribution in [2.45, 2.75) is 37.6 Å². The van der Waals surface area contributed by atoms with Crippen LogP contribution in [0.5, 0.6) is 0 Å². The molecule has 2 aliphatic rings. The molecule has 0 spiro atoms. The second-order valence-electron chi connectivity index (χ2n) is 5.60. The fourth-order valence-electron chi connectivity index (χ4n) is 3.12. The Morgan fingerprint density at radius 2 is 1.95 bits per heavy atom. The molecule has 2 atom stereocenters. The number of nitrogens with zero attached hydrogens (tertiary/aromatic N) is 2. The number of aliphatic hydroxyl groups is 1. The van der Waals surface area contributed by atoms with E-state index in [0.717, 1.165) is 6.42 Å². The Balaban J connectivity index is 2.04. The van der Waals surface area contributed by atoms with E-state index in [1.165, 1.54) is 12.1 Å². The molecular formula is C15H15F3N2O2. The van der Waals surface area contributed by atoms with Crippen LogP contribution in [0.2, 0.25) is 0 Å². The molecule has 1 heterocycles. The standard InChI is InChI=1S/C15H15F3N2O2/c16-15(17,18)14(22)11-8-4-5-9-12(11)19-20(14)13(21)10-6-2-1-3-7-10/h1-3,6-7,11,22H,4-5,8-9H2/t11-,14+/m0/s1. The maximum Gasteiger partial charge on any atom is 0.439 e. The quantitative estimate of drug-likeness (QED) is 0.867. The number of rotatable bonds is 1. The third-order valence-corrected chi connectivity index (χ3v) is 4.25. The molecule has 1 amide bonds. The zero-order chi connectivity index (χ0) is 16.0. The van der Waals surface area contributed by atoms with Gasteiger partial charge in [0.1, 0.15) is 0 Å². The van der Waals surface area contributed by atoms with Crippen LogP contribution in [0.1, 0.15) is 36.0 Å². The van der Waals surface area contributed by atoms with E-state index in [-0.39, 0.29) is 22.7 Å². The topological polar surface area (TPSA) is 52.9 Å². The van der Waals surface area contributed by atoms with Gasteiger partial charge in [-0.3, -0.25) is 4.79 Å². The summed E-state index contributed by atoms with van der Waals surface area (Å²) in [6, 6.07) is 7.57. The third kappa shape index (κ3) is 2.11. The van der Waals surface area contributed by atoms with Gasteiger partial charge in [0, 0.05) is 11.3 Å². The number of amides is 1. The first kappa shape index (κ1) is 15.0. The van der Waals surface area contributed by atoms with Gasteiger partial charge in [-0.15, -0.1) is 0 Å². The summed E-state index contributed by atoms with van der Waals surface area (Å²) in [5, 5.41) is 14.4. The Bertz CT molecular complexity index is 615. The predicted molar refractivity (Wildman–Crippen MR) is 73.0 cm³/mol. The zero-order valence-electron chi connectivity index (χ0n) is 11.7. The number of halogens is 3. The number of hydrogen-bond donors (Lipinski definition) is 1. The molecule has 22 heavy (non-hydrogen) atoms. The van der Waals surface area contributed by atoms with E-state index in [9.17, 15) is 23.1 Å². The number of carbonyl (C=O) groups excluding carboxylic acids is 1. The SMILES string of the molecule is O=C(c1ccccc1)N1N=C2CCCC[C@@H]2[C@@]1(O)C(F)(F)F. The number of hydrazone groups is 1. The van der Waals surface area contributed by atoms with Crippen molar-refractivity contribution < 1.29 is 23.1 Å². The Hall–Kier alpha value is -1.89. The monoisotopic (exact) mass is 312 g/mol. The van der Waals surface area contributed by atoms with Crippen molar-refractivity contribution in [3.63, 3.8) is 0 Å². The van der Waals surface area contributed by atoms with Crippen LogP contribution in [0, 0.1) is 5.92 Å². The summed E-state index contributed by atoms with van der Waals surface area (Å²) in [4.78, 5) is 12.4. The smallest absolute Gasteiger partial charge is 0.362 e. The van der Waals surface area contributed by atoms with Crippen molar-refractivity contribution in [1.29, 1.82) is 0 Å². The van der Waals surface area contributed by atoms with E-state index in [1.807, 2.05) is 0 Å². The van der Waals surface area contributed by atoms with E-state index in [4.69, 9.17) is 0 Å². The van der Waals surface area contributed by atoms with Gasteiger partial charge in [0.15, 0.2) is 0 Å². The van der Waals surface area contributed by atoms with Gasteiger partial charge in [-0.1, -0.05) is 24.6 Å². The van der Waals surface area contributed by atoms with Gasteiger partial charge < -0.3 is 5.11 Å². The van der Waals surface area contributed by atoms with Crippen LogP contribution >= 0.6 is 0 Å². The summed E-state index contributed by atoms with van der Waals surface area (Å²) in [7, 11) is 0. The molecule has 0 aromatic heterocycles. The molecule has 1 saturated carbocycles. The highest BCUT2D eigenvalue weighted by molar-refractivity contribution is 5.99. The largest absolute Gasteiger partial charge is 0.439 e. The Morgan fingerprint density at radius 1 is 1.27 bits per heavy atom. The third-order valence-electron chi connectivity index (χ3n) is 4.25. The minimum atomic E-state index is -4.97. The average Bonchev–Trinajstić information content (AvgIpc) is 2.82. The van der Waals surface area contributed by atoms with Gasteiger partial charge in [0.05, 0.1) is 5.92 Å². The summed E-state index contributed by atoms with van der Waals surface area (Å²) in [6.07, 6.45) is -3.12. The van der Waals surface area contributed by atoms with Crippen LogP contribution in [-0.4, -0.2) is 33.6 Å². The van der Waals surface area contributed by atoms with Crippen molar-refractivity contribution in [3.05, 3.63) is 35.9 Å². The predicted octanol–water partition coefficient (Wildman–Crippen LogP) is 2.94. The highest BCUT2D eigenvalue weighted by Gasteiger charge is 2.68. The van der Waals surface area contributed by atoms with Crippen molar-refractivity contribution >= 4 is 11.6 Å². The van der Waals surface area contributed by atoms with Gasteiger partial charge in [-0.2, -0.15) is 23.3 Å². The number of hydrogen-bond acceptors (Lipinski definition) is 3. The molecule has 1 aliphatic heterocycles. The highest BCUT2D eigenvalue weighted by Crippen LogP contribution is 2.48. The van der Waals surface area contributed by atoms with E-state index in [1.54, 1.807) is 18.2 Å². The lowest BCUT2D eigenvalue weighted by Crippen LogP contribution is -2.61. The van der Waals surface area contributed by atoms with E-state index in [0.29, 0.717) is 12.8 Å². The molecule has 0 saturated heterocycles. The highest BCUT2D eigenvalue weighted by atomic mass is 19.4. The second-order valence-corrected chi connectivity index (χ2v) is 5.60. The van der Waals surface area contributed by atoms with Crippen molar-refractivity contribution in [1.82, 2.24) is 5.01 Å². The van der Waals surface area contributed by atoms with Gasteiger partial charge in [-0.05, 0) is 31.4 Å². The fraction of sp³-hybridized carbons (Fsp3) is 0.467. The van der Waals surface area contributed by atoms with E-state index in [2.05, 4.69) is 5.10 Å². The van der Waals surface area contributed by atoms with Crippen LogP contribution < -0.4 is 0 Å². The van der Waals surface area contributed by atoms with Crippen LogP contribution in [0.4, 0.5) is 13.2 Å². The first-order valence-electron chi connectivity index (χ1n) is 7.12. The molecule has 1 fully saturated rings. The lowest BCUT2D eigenvalue weighted by Gasteiger charge is -2.38. The second kappa shape index (κ2) is 5.08. The molecule has 0 unspecified atom stereocenters. The first-order valence-corrected chi connectivity index (χ1v) is 7.12. The van der Waals surface area contributed by atoms with Crippen molar-refractivity contribution in [2.75, 3.05) is 0 Å². The molecule has 118 valence electrons. The zero-order valence-corrected chi connectivity index (χ0v) is 11.7. The number of fused-ring (bicyclic) bond motifs is 1. The normalized spacial score (nSPS) is 28.3. The molecule has 0 radical (unpaired) electrons. The molecule has 1 aromatic rings. The van der Waals surface area contributed by atoms with Gasteiger partial charge in [0.25, 0.3) is 11.6 Å². The number of alkyl halides is 3. The van der Waals surface area contributed by atoms with Crippen LogP contribution in [0.3, 0.4) is 0 Å². The van der Waals surface area contributed by atoms with E-state index < -0.39 is 23.7 Å². The van der Waals surface area contributed by atoms with Gasteiger partial charge in [-0.25, -0.2) is 0 Å². The average molecular weight is 312 g/mol. The summed E-state index contributed by atoms with van der Waals surface area (Å²) in [5.41, 5.74) is -2.93. The molecule has 7 heteroatoms. The van der Waals surface area contributed by atoms with E-state index >= 15 is 0 Å². The minimum absolute atomic E-state index is 0.0631.